The second kappa shape index (κ2) is 9.43. The number of guanidine groups is 2. The van der Waals surface area contributed by atoms with Crippen molar-refractivity contribution in [2.45, 2.75) is 57.5 Å². The van der Waals surface area contributed by atoms with Crippen LogP contribution < -0.4 is 11.1 Å². The summed E-state index contributed by atoms with van der Waals surface area (Å²) in [5.41, 5.74) is 7.93. The van der Waals surface area contributed by atoms with Gasteiger partial charge < -0.3 is 20.8 Å². The highest BCUT2D eigenvalue weighted by molar-refractivity contribution is 5.94. The minimum Gasteiger partial charge on any atom is -0.508 e. The van der Waals surface area contributed by atoms with Gasteiger partial charge in [0.2, 0.25) is 0 Å². The molecule has 1 aromatic rings. The van der Waals surface area contributed by atoms with Crippen LogP contribution in [-0.2, 0) is 6.42 Å². The lowest BCUT2D eigenvalue weighted by molar-refractivity contribution is -0.0226. The molecule has 2 saturated carbocycles. The van der Waals surface area contributed by atoms with Crippen molar-refractivity contribution in [1.29, 1.82) is 10.8 Å². The van der Waals surface area contributed by atoms with Crippen LogP contribution in [0.3, 0.4) is 0 Å². The molecule has 0 amide bonds. The molecular weight excluding hydrogens is 402 g/mol. The van der Waals surface area contributed by atoms with Crippen molar-refractivity contribution >= 4 is 24.3 Å². The third-order valence-electron chi connectivity index (χ3n) is 7.36. The fourth-order valence-electron chi connectivity index (χ4n) is 5.78. The molecule has 0 radical (unpaired) electrons. The van der Waals surface area contributed by atoms with Gasteiger partial charge in [-0.3, -0.25) is 16.1 Å². The molecule has 0 heterocycles. The summed E-state index contributed by atoms with van der Waals surface area (Å²) in [6.45, 7) is 2.32. The lowest BCUT2D eigenvalue weighted by Crippen LogP contribution is -2.43. The molecule has 0 saturated heterocycles. The van der Waals surface area contributed by atoms with Gasteiger partial charge in [-0.25, -0.2) is 0 Å². The number of phenolic OH excluding ortho intramolecular Hbond substituents is 1. The molecule has 7 nitrogen and oxygen atoms in total. The number of fused-ring (bicyclic) bond motifs is 5. The smallest absolute Gasteiger partial charge is 0.197 e. The van der Waals surface area contributed by atoms with Crippen molar-refractivity contribution < 1.29 is 10.2 Å². The number of nitrogens with two attached hydrogens (primary N) is 1. The van der Waals surface area contributed by atoms with E-state index in [1.165, 1.54) is 35.3 Å². The number of aliphatic hydroxyl groups excluding tert-OH is 1. The second-order valence-electron chi connectivity index (χ2n) is 9.22. The van der Waals surface area contributed by atoms with E-state index >= 15 is 0 Å². The molecule has 0 spiro atoms. The van der Waals surface area contributed by atoms with E-state index in [0.717, 1.165) is 25.2 Å². The van der Waals surface area contributed by atoms with Crippen molar-refractivity contribution in [3.05, 3.63) is 29.3 Å². The van der Waals surface area contributed by atoms with Gasteiger partial charge in [0.25, 0.3) is 0 Å². The zero-order valence-electron chi connectivity index (χ0n) is 18.1. The third kappa shape index (κ3) is 4.67. The van der Waals surface area contributed by atoms with Crippen molar-refractivity contribution in [2.24, 2.45) is 23.0 Å². The van der Waals surface area contributed by atoms with E-state index < -0.39 is 0 Å². The minimum atomic E-state index is -0.214. The third-order valence-corrected chi connectivity index (χ3v) is 7.36. The fourth-order valence-corrected chi connectivity index (χ4v) is 5.78. The van der Waals surface area contributed by atoms with Crippen LogP contribution in [-0.4, -0.2) is 47.2 Å². The Morgan fingerprint density at radius 1 is 1.20 bits per heavy atom. The standard InChI is InChI=1S/C18H24O2.C4H11N5.ClH/c1-18-9-8-14-13-5-3-12(19)10-11(13)2-4-15(14)16(18)6-7-17(18)20;1-9(2)4(7)8-3(5)6;/h3,5,10,14-17,19-20H,2,4,6-9H2,1H3;1-2H3,(H5,5,6,7,8);1H/t14-,15-,16+,17+,18+;;/m1../s1. The average molecular weight is 438 g/mol. The molecule has 1 aromatic carbocycles. The minimum absolute atomic E-state index is 0. The number of hydrogen-bond acceptors (Lipinski definition) is 4. The number of halogens is 1. The molecule has 2 fully saturated rings. The van der Waals surface area contributed by atoms with Crippen LogP contribution in [0.1, 0.15) is 56.1 Å². The van der Waals surface area contributed by atoms with E-state index in [-0.39, 0.29) is 35.8 Å². The van der Waals surface area contributed by atoms with Gasteiger partial charge in [0.05, 0.1) is 6.10 Å². The van der Waals surface area contributed by atoms with Gasteiger partial charge in [-0.1, -0.05) is 13.0 Å². The Morgan fingerprint density at radius 3 is 2.50 bits per heavy atom. The topological polar surface area (TPSA) is 129 Å². The van der Waals surface area contributed by atoms with Gasteiger partial charge in [-0.05, 0) is 85.0 Å². The normalized spacial score (nSPS) is 30.9. The second-order valence-corrected chi connectivity index (χ2v) is 9.22. The molecule has 0 aromatic heterocycles. The highest BCUT2D eigenvalue weighted by Gasteiger charge is 2.54. The Hall–Kier alpha value is -1.99. The lowest BCUT2D eigenvalue weighted by Gasteiger charge is -2.50. The maximum atomic E-state index is 10.4. The first-order valence-electron chi connectivity index (χ1n) is 10.5. The van der Waals surface area contributed by atoms with E-state index in [9.17, 15) is 10.2 Å². The Kier molecular flexibility index (Phi) is 7.64. The van der Waals surface area contributed by atoms with Gasteiger partial charge >= 0.3 is 0 Å². The van der Waals surface area contributed by atoms with Crippen LogP contribution in [0.15, 0.2) is 18.2 Å². The van der Waals surface area contributed by atoms with E-state index in [2.05, 4.69) is 18.3 Å². The maximum Gasteiger partial charge on any atom is 0.197 e. The maximum absolute atomic E-state index is 10.4. The first kappa shape index (κ1) is 24.3. The number of phenols is 1. The van der Waals surface area contributed by atoms with Crippen LogP contribution in [0.4, 0.5) is 0 Å². The molecule has 8 heteroatoms. The van der Waals surface area contributed by atoms with Gasteiger partial charge in [-0.15, -0.1) is 12.4 Å². The number of nitrogens with zero attached hydrogens (tertiary/aromatic N) is 1. The van der Waals surface area contributed by atoms with Crippen molar-refractivity contribution in [1.82, 2.24) is 10.2 Å². The van der Waals surface area contributed by atoms with Gasteiger partial charge in [-0.2, -0.15) is 0 Å². The number of rotatable bonds is 0. The highest BCUT2D eigenvalue weighted by atomic mass is 35.5. The van der Waals surface area contributed by atoms with Crippen LogP contribution >= 0.6 is 12.4 Å². The number of nitrogens with one attached hydrogen (secondary N) is 3. The molecule has 0 bridgehead atoms. The van der Waals surface area contributed by atoms with Crippen LogP contribution in [0.5, 0.6) is 5.75 Å². The SMILES string of the molecule is CN(C)C(=N)NC(=N)N.C[C@]12CC[C@@H]3c4ccc(O)cc4CC[C@H]3[C@@H]1CC[C@@H]2O.Cl. The summed E-state index contributed by atoms with van der Waals surface area (Å²) in [4.78, 5) is 1.52. The van der Waals surface area contributed by atoms with E-state index in [0.29, 0.717) is 17.6 Å². The lowest BCUT2D eigenvalue weighted by atomic mass is 9.55. The van der Waals surface area contributed by atoms with E-state index in [1.54, 1.807) is 14.1 Å². The Morgan fingerprint density at radius 2 is 1.90 bits per heavy atom. The number of aromatic hydroxyl groups is 1. The van der Waals surface area contributed by atoms with E-state index in [4.69, 9.17) is 16.6 Å². The predicted molar refractivity (Wildman–Crippen MR) is 122 cm³/mol. The number of hydrogen-bond donors (Lipinski definition) is 6. The highest BCUT2D eigenvalue weighted by Crippen LogP contribution is 2.60. The summed E-state index contributed by atoms with van der Waals surface area (Å²) < 4.78 is 0. The quantitative estimate of drug-likeness (QED) is 0.274. The molecule has 30 heavy (non-hydrogen) atoms. The summed E-state index contributed by atoms with van der Waals surface area (Å²) >= 11 is 0. The first-order chi connectivity index (χ1) is 13.6. The van der Waals surface area contributed by atoms with Crippen LogP contribution in [0, 0.1) is 28.1 Å². The Balaban J connectivity index is 0.000000277. The van der Waals surface area contributed by atoms with Gasteiger partial charge in [0, 0.05) is 14.1 Å². The summed E-state index contributed by atoms with van der Waals surface area (Å²) in [5, 5.41) is 36.1. The van der Waals surface area contributed by atoms with Crippen molar-refractivity contribution in [3.63, 3.8) is 0 Å². The summed E-state index contributed by atoms with van der Waals surface area (Å²) in [5.74, 6) is 2.39. The zero-order valence-corrected chi connectivity index (χ0v) is 18.9. The van der Waals surface area contributed by atoms with Gasteiger partial charge in [0.1, 0.15) is 5.75 Å². The van der Waals surface area contributed by atoms with Gasteiger partial charge in [0.15, 0.2) is 11.9 Å². The van der Waals surface area contributed by atoms with Crippen molar-refractivity contribution in [3.8, 4) is 5.75 Å². The first-order valence-corrected chi connectivity index (χ1v) is 10.5. The molecule has 168 valence electrons. The largest absolute Gasteiger partial charge is 0.508 e. The molecular formula is C22H36ClN5O2. The average Bonchev–Trinajstić information content (AvgIpc) is 2.96. The number of benzene rings is 1. The number of aliphatic hydroxyl groups is 1. The number of aryl methyl sites for hydroxylation is 1. The monoisotopic (exact) mass is 437 g/mol. The molecule has 3 aliphatic carbocycles. The Bertz CT molecular complexity index is 787. The molecule has 0 aliphatic heterocycles. The molecule has 5 atom stereocenters. The molecule has 0 unspecified atom stereocenters. The molecule has 3 aliphatic rings. The summed E-state index contributed by atoms with van der Waals surface area (Å²) in [7, 11) is 3.39. The fraction of sp³-hybridized carbons (Fsp3) is 0.636. The van der Waals surface area contributed by atoms with Crippen LogP contribution in [0.25, 0.3) is 0 Å². The Labute approximate surface area is 185 Å². The zero-order chi connectivity index (χ0) is 21.3. The molecule has 7 N–H and O–H groups in total. The van der Waals surface area contributed by atoms with E-state index in [1.807, 2.05) is 12.1 Å². The predicted octanol–water partition coefficient (Wildman–Crippen LogP) is 3.00. The summed E-state index contributed by atoms with van der Waals surface area (Å²) in [6.07, 6.45) is 6.78. The van der Waals surface area contributed by atoms with Crippen LogP contribution in [0.2, 0.25) is 0 Å². The van der Waals surface area contributed by atoms with Crippen molar-refractivity contribution in [2.75, 3.05) is 14.1 Å². The summed E-state index contributed by atoms with van der Waals surface area (Å²) in [6, 6.07) is 5.96. The molecule has 4 rings (SSSR count).